The number of alkyl halides is 5. The highest BCUT2D eigenvalue weighted by Gasteiger charge is 2.26. The third-order valence-electron chi connectivity index (χ3n) is 1.83. The van der Waals surface area contributed by atoms with Crippen LogP contribution in [-0.4, -0.2) is 22.3 Å². The van der Waals surface area contributed by atoms with Crippen LogP contribution in [0.2, 0.25) is 0 Å². The Kier molecular flexibility index (Phi) is 4.22. The molecule has 0 unspecified atom stereocenters. The highest BCUT2D eigenvalue weighted by atomic mass is 19.4. The third-order valence-corrected chi connectivity index (χ3v) is 1.83. The Labute approximate surface area is 88.3 Å². The summed E-state index contributed by atoms with van der Waals surface area (Å²) in [5, 5.41) is 2.40. The van der Waals surface area contributed by atoms with Gasteiger partial charge in [-0.25, -0.2) is 4.98 Å². The monoisotopic (exact) mass is 243 g/mol. The van der Waals surface area contributed by atoms with Crippen LogP contribution in [0.3, 0.4) is 0 Å². The van der Waals surface area contributed by atoms with Gasteiger partial charge in [0.25, 0.3) is 0 Å². The van der Waals surface area contributed by atoms with Crippen LogP contribution in [0.1, 0.15) is 18.8 Å². The van der Waals surface area contributed by atoms with Crippen LogP contribution in [0.15, 0.2) is 12.4 Å². The number of aromatic nitrogens is 2. The average Bonchev–Trinajstić information content (AvgIpc) is 2.58. The Hall–Kier alpha value is -1.18. The molecule has 0 aliphatic heterocycles. The molecular weight excluding hydrogens is 233 g/mol. The third kappa shape index (κ3) is 4.13. The first kappa shape index (κ1) is 12.9. The van der Waals surface area contributed by atoms with E-state index >= 15 is 0 Å². The van der Waals surface area contributed by atoms with Gasteiger partial charge >= 0.3 is 12.7 Å². The van der Waals surface area contributed by atoms with Crippen LogP contribution in [-0.2, 0) is 6.54 Å². The Morgan fingerprint density at radius 3 is 2.62 bits per heavy atom. The summed E-state index contributed by atoms with van der Waals surface area (Å²) in [6.45, 7) is -3.17. The van der Waals surface area contributed by atoms with Gasteiger partial charge in [-0.15, -0.1) is 0 Å². The molecule has 1 rings (SSSR count). The lowest BCUT2D eigenvalue weighted by Crippen LogP contribution is -2.23. The van der Waals surface area contributed by atoms with Gasteiger partial charge in [-0.1, -0.05) is 0 Å². The maximum absolute atomic E-state index is 12.3. The molecule has 92 valence electrons. The Bertz CT molecular complexity index is 320. The molecule has 1 aromatic rings. The lowest BCUT2D eigenvalue weighted by atomic mass is 10.4. The summed E-state index contributed by atoms with van der Waals surface area (Å²) in [5.41, 5.74) is 0. The molecular formula is C8H10F5N3. The zero-order valence-electron chi connectivity index (χ0n) is 8.14. The molecule has 0 aromatic carbocycles. The SMILES string of the molecule is FC(F)n1ccnc1CNCCC(F)(F)F. The quantitative estimate of drug-likeness (QED) is 0.635. The van der Waals surface area contributed by atoms with E-state index in [1.807, 2.05) is 0 Å². The van der Waals surface area contributed by atoms with E-state index < -0.39 is 19.1 Å². The number of nitrogens with one attached hydrogen (secondary N) is 1. The second-order valence-corrected chi connectivity index (χ2v) is 3.07. The summed E-state index contributed by atoms with van der Waals surface area (Å²) in [7, 11) is 0. The summed E-state index contributed by atoms with van der Waals surface area (Å²) in [6.07, 6.45) is -2.99. The zero-order valence-corrected chi connectivity index (χ0v) is 8.14. The minimum absolute atomic E-state index is 0.0113. The predicted molar refractivity (Wildman–Crippen MR) is 45.9 cm³/mol. The zero-order chi connectivity index (χ0) is 12.2. The Balaban J connectivity index is 2.35. The van der Waals surface area contributed by atoms with Crippen molar-refractivity contribution in [3.8, 4) is 0 Å². The van der Waals surface area contributed by atoms with E-state index in [9.17, 15) is 22.0 Å². The number of rotatable bonds is 5. The molecule has 0 spiro atoms. The molecule has 1 aromatic heterocycles. The molecule has 0 atom stereocenters. The second kappa shape index (κ2) is 5.24. The van der Waals surface area contributed by atoms with Crippen molar-refractivity contribution < 1.29 is 22.0 Å². The number of hydrogen-bond acceptors (Lipinski definition) is 2. The van der Waals surface area contributed by atoms with Gasteiger partial charge in [0.2, 0.25) is 0 Å². The minimum atomic E-state index is -4.24. The molecule has 1 N–H and O–H groups in total. The van der Waals surface area contributed by atoms with E-state index in [-0.39, 0.29) is 18.9 Å². The molecule has 0 fully saturated rings. The van der Waals surface area contributed by atoms with Crippen LogP contribution in [0.25, 0.3) is 0 Å². The van der Waals surface area contributed by atoms with Crippen LogP contribution in [0.4, 0.5) is 22.0 Å². The van der Waals surface area contributed by atoms with Crippen LogP contribution < -0.4 is 5.32 Å². The number of hydrogen-bond donors (Lipinski definition) is 1. The number of halogens is 5. The molecule has 3 nitrogen and oxygen atoms in total. The highest BCUT2D eigenvalue weighted by molar-refractivity contribution is 4.92. The molecule has 0 aliphatic rings. The molecule has 0 aliphatic carbocycles. The maximum atomic E-state index is 12.3. The first-order chi connectivity index (χ1) is 7.40. The lowest BCUT2D eigenvalue weighted by Gasteiger charge is -2.09. The standard InChI is InChI=1S/C8H10F5N3/c9-7(10)16-4-3-15-6(16)5-14-2-1-8(11,12)13/h3-4,7,14H,1-2,5H2. The van der Waals surface area contributed by atoms with Crippen molar-refractivity contribution in [1.82, 2.24) is 14.9 Å². The van der Waals surface area contributed by atoms with Crippen molar-refractivity contribution in [1.29, 1.82) is 0 Å². The highest BCUT2D eigenvalue weighted by Crippen LogP contribution is 2.18. The first-order valence-electron chi connectivity index (χ1n) is 4.47. The topological polar surface area (TPSA) is 29.9 Å². The van der Waals surface area contributed by atoms with Gasteiger partial charge in [0.1, 0.15) is 5.82 Å². The Morgan fingerprint density at radius 2 is 2.06 bits per heavy atom. The van der Waals surface area contributed by atoms with Crippen molar-refractivity contribution in [3.05, 3.63) is 18.2 Å². The molecule has 0 saturated heterocycles. The molecule has 0 radical (unpaired) electrons. The molecule has 0 amide bonds. The fourth-order valence-corrected chi connectivity index (χ4v) is 1.09. The largest absolute Gasteiger partial charge is 0.390 e. The van der Waals surface area contributed by atoms with Gasteiger partial charge in [-0.3, -0.25) is 4.57 Å². The fraction of sp³-hybridized carbons (Fsp3) is 0.625. The van der Waals surface area contributed by atoms with E-state index in [4.69, 9.17) is 0 Å². The molecule has 1 heterocycles. The van der Waals surface area contributed by atoms with Crippen molar-refractivity contribution >= 4 is 0 Å². The van der Waals surface area contributed by atoms with E-state index in [0.29, 0.717) is 4.57 Å². The molecule has 0 bridgehead atoms. The summed E-state index contributed by atoms with van der Waals surface area (Å²) < 4.78 is 60.4. The van der Waals surface area contributed by atoms with Gasteiger partial charge in [0.15, 0.2) is 0 Å². The van der Waals surface area contributed by atoms with E-state index in [1.54, 1.807) is 0 Å². The molecule has 16 heavy (non-hydrogen) atoms. The Morgan fingerprint density at radius 1 is 1.38 bits per heavy atom. The van der Waals surface area contributed by atoms with Crippen molar-refractivity contribution in [2.75, 3.05) is 6.54 Å². The van der Waals surface area contributed by atoms with E-state index in [2.05, 4.69) is 10.3 Å². The normalized spacial score (nSPS) is 12.4. The van der Waals surface area contributed by atoms with Gasteiger partial charge < -0.3 is 5.32 Å². The van der Waals surface area contributed by atoms with E-state index in [1.165, 1.54) is 6.20 Å². The molecule has 0 saturated carbocycles. The summed E-state index contributed by atoms with van der Waals surface area (Å²) in [5.74, 6) is 0.0113. The number of nitrogens with zero attached hydrogens (tertiary/aromatic N) is 2. The smallest absolute Gasteiger partial charge is 0.310 e. The fourth-order valence-electron chi connectivity index (χ4n) is 1.09. The van der Waals surface area contributed by atoms with Gasteiger partial charge in [0, 0.05) is 18.9 Å². The van der Waals surface area contributed by atoms with Gasteiger partial charge in [-0.05, 0) is 0 Å². The van der Waals surface area contributed by atoms with Crippen molar-refractivity contribution in [3.63, 3.8) is 0 Å². The summed E-state index contributed by atoms with van der Waals surface area (Å²) in [6, 6.07) is 0. The van der Waals surface area contributed by atoms with Gasteiger partial charge in [-0.2, -0.15) is 22.0 Å². The van der Waals surface area contributed by atoms with Gasteiger partial charge in [0.05, 0.1) is 13.0 Å². The van der Waals surface area contributed by atoms with Crippen molar-refractivity contribution in [2.24, 2.45) is 0 Å². The second-order valence-electron chi connectivity index (χ2n) is 3.07. The lowest BCUT2D eigenvalue weighted by molar-refractivity contribution is -0.133. The average molecular weight is 243 g/mol. The van der Waals surface area contributed by atoms with Crippen LogP contribution in [0, 0.1) is 0 Å². The predicted octanol–water partition coefficient (Wildman–Crippen LogP) is 2.32. The maximum Gasteiger partial charge on any atom is 0.390 e. The van der Waals surface area contributed by atoms with Crippen LogP contribution >= 0.6 is 0 Å². The minimum Gasteiger partial charge on any atom is -0.310 e. The summed E-state index contributed by atoms with van der Waals surface area (Å²) in [4.78, 5) is 3.61. The summed E-state index contributed by atoms with van der Waals surface area (Å²) >= 11 is 0. The van der Waals surface area contributed by atoms with E-state index in [0.717, 1.165) is 6.20 Å². The van der Waals surface area contributed by atoms with Crippen molar-refractivity contribution in [2.45, 2.75) is 25.7 Å². The van der Waals surface area contributed by atoms with Crippen LogP contribution in [0.5, 0.6) is 0 Å². The molecule has 8 heteroatoms. The first-order valence-corrected chi connectivity index (χ1v) is 4.47. The number of imidazole rings is 1.